The number of rotatable bonds is 3. The summed E-state index contributed by atoms with van der Waals surface area (Å²) in [6, 6.07) is 6.36. The fraction of sp³-hybridized carbons (Fsp3) is 0.667. The van der Waals surface area contributed by atoms with Gasteiger partial charge in [0, 0.05) is 38.5 Å². The van der Waals surface area contributed by atoms with E-state index in [9.17, 15) is 9.18 Å². The van der Waals surface area contributed by atoms with Gasteiger partial charge in [-0.1, -0.05) is 0 Å². The second-order valence-corrected chi connectivity index (χ2v) is 8.21. The molecule has 0 saturated carbocycles. The van der Waals surface area contributed by atoms with E-state index in [4.69, 9.17) is 4.74 Å². The largest absolute Gasteiger partial charge is 0.381 e. The van der Waals surface area contributed by atoms with Crippen LogP contribution >= 0.6 is 0 Å². The van der Waals surface area contributed by atoms with Crippen LogP contribution in [0.3, 0.4) is 0 Å². The summed E-state index contributed by atoms with van der Waals surface area (Å²) in [4.78, 5) is 17.8. The number of piperidine rings is 2. The maximum Gasteiger partial charge on any atom is 0.234 e. The molecule has 3 heterocycles. The van der Waals surface area contributed by atoms with Gasteiger partial charge in [0.05, 0.1) is 5.41 Å². The normalized spacial score (nSPS) is 28.7. The Morgan fingerprint density at radius 1 is 1.08 bits per heavy atom. The van der Waals surface area contributed by atoms with Crippen molar-refractivity contribution in [1.82, 2.24) is 4.90 Å². The monoisotopic (exact) mass is 360 g/mol. The first-order valence-corrected chi connectivity index (χ1v) is 10.0. The number of ether oxygens (including phenoxy) is 1. The van der Waals surface area contributed by atoms with Crippen molar-refractivity contribution in [3.63, 3.8) is 0 Å². The maximum absolute atomic E-state index is 13.4. The number of hydrogen-bond donors (Lipinski definition) is 0. The molecule has 3 saturated heterocycles. The molecule has 0 radical (unpaired) electrons. The lowest BCUT2D eigenvalue weighted by Crippen LogP contribution is -2.57. The van der Waals surface area contributed by atoms with E-state index in [2.05, 4.69) is 4.90 Å². The average Bonchev–Trinajstić information content (AvgIpc) is 2.66. The molecule has 1 aromatic rings. The Morgan fingerprint density at radius 3 is 2.50 bits per heavy atom. The van der Waals surface area contributed by atoms with Gasteiger partial charge in [-0.15, -0.1) is 0 Å². The minimum Gasteiger partial charge on any atom is -0.381 e. The maximum atomic E-state index is 13.4. The van der Waals surface area contributed by atoms with Gasteiger partial charge in [-0.2, -0.15) is 0 Å². The van der Waals surface area contributed by atoms with Crippen LogP contribution in [0.15, 0.2) is 24.3 Å². The molecule has 0 bridgehead atoms. The minimum atomic E-state index is -0.256. The molecule has 3 aliphatic heterocycles. The van der Waals surface area contributed by atoms with Crippen LogP contribution in [0.1, 0.15) is 38.5 Å². The first-order valence-electron chi connectivity index (χ1n) is 10.0. The fourth-order valence-corrected chi connectivity index (χ4v) is 4.99. The first kappa shape index (κ1) is 17.9. The van der Waals surface area contributed by atoms with Gasteiger partial charge in [-0.3, -0.25) is 4.79 Å². The number of carbonyl (C=O) groups excluding carboxylic acids is 1. The van der Waals surface area contributed by atoms with Gasteiger partial charge >= 0.3 is 0 Å². The molecule has 1 amide bonds. The molecule has 0 aromatic heterocycles. The van der Waals surface area contributed by atoms with Gasteiger partial charge in [0.2, 0.25) is 5.91 Å². The van der Waals surface area contributed by atoms with Gasteiger partial charge in [-0.25, -0.2) is 4.39 Å². The van der Waals surface area contributed by atoms with E-state index in [1.165, 1.54) is 12.1 Å². The number of carbonyl (C=O) groups is 1. The molecule has 1 atom stereocenters. The van der Waals surface area contributed by atoms with Gasteiger partial charge in [0.15, 0.2) is 0 Å². The van der Waals surface area contributed by atoms with Crippen molar-refractivity contribution < 1.29 is 13.9 Å². The lowest BCUT2D eigenvalue weighted by Gasteiger charge is -2.48. The van der Waals surface area contributed by atoms with E-state index >= 15 is 0 Å². The summed E-state index contributed by atoms with van der Waals surface area (Å²) < 4.78 is 18.7. The predicted molar refractivity (Wildman–Crippen MR) is 99.6 cm³/mol. The number of amides is 1. The standard InChI is InChI=1S/C21H29FN2O2/c22-18-3-5-19(6-4-18)24-12-2-10-21(20(24)25)9-1-11-23(16-21)15-17-7-13-26-14-8-17/h3-6,17H,1-2,7-16H2. The third kappa shape index (κ3) is 3.65. The summed E-state index contributed by atoms with van der Waals surface area (Å²) in [5.74, 6) is 0.686. The lowest BCUT2D eigenvalue weighted by molar-refractivity contribution is -0.134. The van der Waals surface area contributed by atoms with Crippen molar-refractivity contribution in [2.45, 2.75) is 38.5 Å². The van der Waals surface area contributed by atoms with Crippen molar-refractivity contribution >= 4 is 11.6 Å². The van der Waals surface area contributed by atoms with Crippen LogP contribution in [0.4, 0.5) is 10.1 Å². The van der Waals surface area contributed by atoms with Crippen molar-refractivity contribution in [3.8, 4) is 0 Å². The molecular weight excluding hydrogens is 331 g/mol. The van der Waals surface area contributed by atoms with Crippen LogP contribution in [0.2, 0.25) is 0 Å². The summed E-state index contributed by atoms with van der Waals surface area (Å²) in [5, 5.41) is 0. The fourth-order valence-electron chi connectivity index (χ4n) is 4.99. The number of nitrogens with zero attached hydrogens (tertiary/aromatic N) is 2. The smallest absolute Gasteiger partial charge is 0.234 e. The highest BCUT2D eigenvalue weighted by atomic mass is 19.1. The van der Waals surface area contributed by atoms with Crippen LogP contribution in [-0.4, -0.2) is 50.2 Å². The number of hydrogen-bond acceptors (Lipinski definition) is 3. The van der Waals surface area contributed by atoms with Gasteiger partial charge in [0.25, 0.3) is 0 Å². The molecule has 26 heavy (non-hydrogen) atoms. The molecule has 3 fully saturated rings. The third-order valence-electron chi connectivity index (χ3n) is 6.39. The van der Waals surface area contributed by atoms with E-state index < -0.39 is 0 Å². The Labute approximate surface area is 155 Å². The molecule has 142 valence electrons. The summed E-state index contributed by atoms with van der Waals surface area (Å²) in [5.41, 5.74) is 0.577. The van der Waals surface area contributed by atoms with Crippen LogP contribution in [0, 0.1) is 17.2 Å². The Morgan fingerprint density at radius 2 is 1.77 bits per heavy atom. The molecule has 1 spiro atoms. The van der Waals surface area contributed by atoms with Gasteiger partial charge in [-0.05, 0) is 75.3 Å². The highest BCUT2D eigenvalue weighted by Gasteiger charge is 2.46. The van der Waals surface area contributed by atoms with E-state index in [-0.39, 0.29) is 17.1 Å². The molecule has 4 nitrogen and oxygen atoms in total. The SMILES string of the molecule is O=C1N(c2ccc(F)cc2)CCCC12CCCN(CC1CCOCC1)C2. The lowest BCUT2D eigenvalue weighted by atomic mass is 9.72. The number of likely N-dealkylation sites (tertiary alicyclic amines) is 1. The topological polar surface area (TPSA) is 32.8 Å². The third-order valence-corrected chi connectivity index (χ3v) is 6.39. The number of anilines is 1. The summed E-state index contributed by atoms with van der Waals surface area (Å²) in [6.45, 7) is 5.56. The summed E-state index contributed by atoms with van der Waals surface area (Å²) in [7, 11) is 0. The Bertz CT molecular complexity index is 625. The Hall–Kier alpha value is -1.46. The van der Waals surface area contributed by atoms with Crippen LogP contribution < -0.4 is 4.90 Å². The van der Waals surface area contributed by atoms with E-state index in [1.54, 1.807) is 12.1 Å². The van der Waals surface area contributed by atoms with Gasteiger partial charge < -0.3 is 14.5 Å². The zero-order valence-electron chi connectivity index (χ0n) is 15.5. The first-order chi connectivity index (χ1) is 12.7. The predicted octanol–water partition coefficient (Wildman–Crippen LogP) is 3.46. The molecule has 3 aliphatic rings. The summed E-state index contributed by atoms with van der Waals surface area (Å²) in [6.07, 6.45) is 6.35. The molecule has 1 aromatic carbocycles. The van der Waals surface area contributed by atoms with Crippen molar-refractivity contribution in [2.24, 2.45) is 11.3 Å². The second-order valence-electron chi connectivity index (χ2n) is 8.21. The molecular formula is C21H29FN2O2. The Kier molecular flexibility index (Phi) is 5.28. The van der Waals surface area contributed by atoms with Crippen molar-refractivity contribution in [3.05, 3.63) is 30.1 Å². The van der Waals surface area contributed by atoms with Crippen LogP contribution in [-0.2, 0) is 9.53 Å². The average molecular weight is 360 g/mol. The summed E-state index contributed by atoms with van der Waals surface area (Å²) >= 11 is 0. The van der Waals surface area contributed by atoms with Crippen LogP contribution in [0.25, 0.3) is 0 Å². The highest BCUT2D eigenvalue weighted by molar-refractivity contribution is 5.98. The zero-order valence-corrected chi connectivity index (χ0v) is 15.5. The van der Waals surface area contributed by atoms with Crippen molar-refractivity contribution in [1.29, 1.82) is 0 Å². The molecule has 1 unspecified atom stereocenters. The Balaban J connectivity index is 1.47. The molecule has 5 heteroatoms. The molecule has 4 rings (SSSR count). The van der Waals surface area contributed by atoms with E-state index in [0.29, 0.717) is 5.92 Å². The van der Waals surface area contributed by atoms with E-state index in [0.717, 1.165) is 83.6 Å². The number of benzene rings is 1. The van der Waals surface area contributed by atoms with Crippen LogP contribution in [0.5, 0.6) is 0 Å². The number of halogens is 1. The highest BCUT2D eigenvalue weighted by Crippen LogP contribution is 2.41. The quantitative estimate of drug-likeness (QED) is 0.828. The minimum absolute atomic E-state index is 0.243. The second kappa shape index (κ2) is 7.65. The van der Waals surface area contributed by atoms with E-state index in [1.807, 2.05) is 4.90 Å². The molecule has 0 aliphatic carbocycles. The molecule has 0 N–H and O–H groups in total. The van der Waals surface area contributed by atoms with Gasteiger partial charge in [0.1, 0.15) is 5.82 Å². The zero-order chi connectivity index (χ0) is 18.0. The van der Waals surface area contributed by atoms with Crippen molar-refractivity contribution in [2.75, 3.05) is 44.3 Å².